The van der Waals surface area contributed by atoms with Gasteiger partial charge in [0.2, 0.25) is 0 Å². The van der Waals surface area contributed by atoms with E-state index in [4.69, 9.17) is 4.42 Å². The molecule has 3 nitrogen and oxygen atoms in total. The maximum Gasteiger partial charge on any atom is 0.136 e. The van der Waals surface area contributed by atoms with Crippen molar-refractivity contribution in [3.63, 3.8) is 0 Å². The van der Waals surface area contributed by atoms with E-state index in [1.165, 1.54) is 71.8 Å². The van der Waals surface area contributed by atoms with E-state index in [9.17, 15) is 0 Å². The topological polar surface area (TPSA) is 21.3 Å². The van der Waals surface area contributed by atoms with Crippen molar-refractivity contribution in [1.82, 2.24) is 4.57 Å². The zero-order chi connectivity index (χ0) is 53.9. The molecule has 0 saturated heterocycles. The summed E-state index contributed by atoms with van der Waals surface area (Å²) >= 11 is 0. The molecule has 82 heavy (non-hydrogen) atoms. The minimum Gasteiger partial charge on any atom is -0.456 e. The van der Waals surface area contributed by atoms with Crippen LogP contribution in [0.5, 0.6) is 0 Å². The van der Waals surface area contributed by atoms with E-state index >= 15 is 0 Å². The summed E-state index contributed by atoms with van der Waals surface area (Å²) in [7, 11) is 0. The first-order valence-corrected chi connectivity index (χ1v) is 28.3. The highest BCUT2D eigenvalue weighted by Crippen LogP contribution is 2.65. The fraction of sp³-hybridized carbons (Fsp3) is 0.0127. The highest BCUT2D eigenvalue weighted by Gasteiger charge is 2.52. The number of para-hydroxylation sites is 4. The molecule has 0 bridgehead atoms. The van der Waals surface area contributed by atoms with Crippen LogP contribution in [0, 0.1) is 0 Å². The zero-order valence-electron chi connectivity index (χ0n) is 44.7. The maximum absolute atomic E-state index is 6.62. The van der Waals surface area contributed by atoms with Gasteiger partial charge < -0.3 is 13.9 Å². The molecule has 15 aromatic rings. The third-order valence-corrected chi connectivity index (χ3v) is 17.6. The smallest absolute Gasteiger partial charge is 0.136 e. The average Bonchev–Trinajstić information content (AvgIpc) is 1.68. The molecule has 0 fully saturated rings. The first-order valence-electron chi connectivity index (χ1n) is 28.3. The summed E-state index contributed by atoms with van der Waals surface area (Å²) in [6, 6.07) is 112. The van der Waals surface area contributed by atoms with Gasteiger partial charge >= 0.3 is 0 Å². The number of furan rings is 1. The van der Waals surface area contributed by atoms with E-state index < -0.39 is 5.41 Å². The standard InChI is InChI=1S/C79H50N2O/c1-4-21-51(22-5-1)53-39-42-58(43-40-53)81-72-36-18-13-29-63(72)64-32-20-37-73(78(64)81)80(71-35-17-12-27-60(71)54-25-8-3-9-26-54)59-48-56(52-23-6-2-7-24-52)47-57(49-59)55-41-44-62-61-28-10-15-33-67(61)79(70(62)50-55)68-34-16-11-30-65(68)76-69(79)45-46-75-77(76)66-31-14-19-38-74(66)82-75/h1-50H. The van der Waals surface area contributed by atoms with Crippen molar-refractivity contribution in [3.8, 4) is 72.4 Å². The van der Waals surface area contributed by atoms with Crippen molar-refractivity contribution in [2.75, 3.05) is 4.90 Å². The Balaban J connectivity index is 0.934. The molecule has 0 N–H and O–H groups in total. The molecule has 0 saturated carbocycles. The molecule has 2 aliphatic rings. The van der Waals surface area contributed by atoms with E-state index in [0.29, 0.717) is 0 Å². The second-order valence-corrected chi connectivity index (χ2v) is 21.9. The number of hydrogen-bond acceptors (Lipinski definition) is 2. The fourth-order valence-corrected chi connectivity index (χ4v) is 14.1. The van der Waals surface area contributed by atoms with E-state index in [2.05, 4.69) is 313 Å². The van der Waals surface area contributed by atoms with Gasteiger partial charge in [0.25, 0.3) is 0 Å². The Kier molecular flexibility index (Phi) is 10.2. The minimum absolute atomic E-state index is 0.580. The van der Waals surface area contributed by atoms with Gasteiger partial charge in [-0.15, -0.1) is 0 Å². The Morgan fingerprint density at radius 1 is 0.305 bits per heavy atom. The number of aromatic nitrogens is 1. The summed E-state index contributed by atoms with van der Waals surface area (Å²) < 4.78 is 9.09. The van der Waals surface area contributed by atoms with Crippen LogP contribution in [-0.2, 0) is 5.41 Å². The molecule has 2 aliphatic carbocycles. The summed E-state index contributed by atoms with van der Waals surface area (Å²) in [5.41, 5.74) is 27.2. The van der Waals surface area contributed by atoms with Crippen molar-refractivity contribution in [1.29, 1.82) is 0 Å². The molecule has 0 aliphatic heterocycles. The molecule has 1 unspecified atom stereocenters. The fourth-order valence-electron chi connectivity index (χ4n) is 14.1. The molecule has 0 radical (unpaired) electrons. The van der Waals surface area contributed by atoms with Crippen LogP contribution in [0.1, 0.15) is 22.3 Å². The quantitative estimate of drug-likeness (QED) is 0.151. The summed E-state index contributed by atoms with van der Waals surface area (Å²) in [5.74, 6) is 0. The lowest BCUT2D eigenvalue weighted by Gasteiger charge is -2.31. The number of benzene rings is 13. The Labute approximate surface area is 475 Å². The van der Waals surface area contributed by atoms with E-state index in [0.717, 1.165) is 83.7 Å². The third-order valence-electron chi connectivity index (χ3n) is 17.6. The van der Waals surface area contributed by atoms with Crippen LogP contribution < -0.4 is 4.90 Å². The van der Waals surface area contributed by atoms with Crippen molar-refractivity contribution in [2.24, 2.45) is 0 Å². The molecule has 382 valence electrons. The normalized spacial score (nSPS) is 13.9. The monoisotopic (exact) mass is 1040 g/mol. The second-order valence-electron chi connectivity index (χ2n) is 21.9. The average molecular weight is 1040 g/mol. The van der Waals surface area contributed by atoms with Gasteiger partial charge in [0.15, 0.2) is 0 Å². The lowest BCUT2D eigenvalue weighted by Crippen LogP contribution is -2.25. The van der Waals surface area contributed by atoms with E-state index in [1.54, 1.807) is 0 Å². The zero-order valence-corrected chi connectivity index (χ0v) is 44.7. The number of hydrogen-bond donors (Lipinski definition) is 0. The third kappa shape index (κ3) is 6.77. The van der Waals surface area contributed by atoms with E-state index in [-0.39, 0.29) is 0 Å². The Hall–Kier alpha value is -10.7. The van der Waals surface area contributed by atoms with Crippen molar-refractivity contribution < 1.29 is 4.42 Å². The predicted octanol–water partition coefficient (Wildman–Crippen LogP) is 21.2. The van der Waals surface area contributed by atoms with Gasteiger partial charge in [-0.1, -0.05) is 237 Å². The van der Waals surface area contributed by atoms with Gasteiger partial charge in [0.05, 0.1) is 27.8 Å². The second kappa shape index (κ2) is 18.2. The van der Waals surface area contributed by atoms with Gasteiger partial charge in [-0.3, -0.25) is 0 Å². The lowest BCUT2D eigenvalue weighted by atomic mass is 9.70. The first-order chi connectivity index (χ1) is 40.7. The van der Waals surface area contributed by atoms with Crippen LogP contribution in [0.15, 0.2) is 308 Å². The molecule has 17 rings (SSSR count). The van der Waals surface area contributed by atoms with Gasteiger partial charge in [-0.05, 0) is 150 Å². The van der Waals surface area contributed by atoms with Crippen LogP contribution in [0.3, 0.4) is 0 Å². The Morgan fingerprint density at radius 2 is 0.854 bits per heavy atom. The van der Waals surface area contributed by atoms with Crippen LogP contribution >= 0.6 is 0 Å². The Morgan fingerprint density at radius 3 is 1.62 bits per heavy atom. The Bertz CT molecular complexity index is 5030. The van der Waals surface area contributed by atoms with Gasteiger partial charge in [0.1, 0.15) is 11.2 Å². The summed E-state index contributed by atoms with van der Waals surface area (Å²) in [4.78, 5) is 2.53. The van der Waals surface area contributed by atoms with Crippen molar-refractivity contribution >= 4 is 60.8 Å². The van der Waals surface area contributed by atoms with Gasteiger partial charge in [-0.25, -0.2) is 0 Å². The molecule has 2 heterocycles. The lowest BCUT2D eigenvalue weighted by molar-refractivity contribution is 0.668. The van der Waals surface area contributed by atoms with E-state index in [1.807, 2.05) is 0 Å². The molecular formula is C79H50N2O. The van der Waals surface area contributed by atoms with Crippen molar-refractivity contribution in [2.45, 2.75) is 5.41 Å². The van der Waals surface area contributed by atoms with Crippen LogP contribution in [0.4, 0.5) is 17.1 Å². The van der Waals surface area contributed by atoms with Crippen LogP contribution in [0.25, 0.3) is 116 Å². The van der Waals surface area contributed by atoms with Crippen molar-refractivity contribution in [3.05, 3.63) is 326 Å². The minimum atomic E-state index is -0.580. The number of anilines is 3. The number of fused-ring (bicyclic) bond motifs is 17. The summed E-state index contributed by atoms with van der Waals surface area (Å²) in [5, 5.41) is 4.70. The number of rotatable bonds is 8. The molecule has 3 heteroatoms. The molecule has 2 aromatic heterocycles. The first kappa shape index (κ1) is 46.2. The largest absolute Gasteiger partial charge is 0.456 e. The molecule has 13 aromatic carbocycles. The molecule has 1 spiro atoms. The van der Waals surface area contributed by atoms with Gasteiger partial charge in [0, 0.05) is 38.5 Å². The predicted molar refractivity (Wildman–Crippen MR) is 341 cm³/mol. The summed E-state index contributed by atoms with van der Waals surface area (Å²) in [6.45, 7) is 0. The summed E-state index contributed by atoms with van der Waals surface area (Å²) in [6.07, 6.45) is 0. The molecule has 1 atom stereocenters. The van der Waals surface area contributed by atoms with Crippen LogP contribution in [0.2, 0.25) is 0 Å². The molecular weight excluding hydrogens is 993 g/mol. The SMILES string of the molecule is c1ccc(-c2ccc(-n3c4ccccc4c4cccc(N(c5cc(-c6ccccc6)cc(-c6ccc7c(c6)C6(c8ccccc8-7)c7ccccc7-c7c6ccc6oc8ccccc8c76)c5)c5ccccc5-c5ccccc5)c43)cc2)cc1. The highest BCUT2D eigenvalue weighted by atomic mass is 16.3. The highest BCUT2D eigenvalue weighted by molar-refractivity contribution is 6.17. The number of nitrogens with zero attached hydrogens (tertiary/aromatic N) is 2. The van der Waals surface area contributed by atoms with Crippen LogP contribution in [-0.4, -0.2) is 4.57 Å². The molecule has 0 amide bonds. The maximum atomic E-state index is 6.62. The van der Waals surface area contributed by atoms with Gasteiger partial charge in [-0.2, -0.15) is 0 Å².